The second kappa shape index (κ2) is 4.70. The molecule has 0 saturated carbocycles. The van der Waals surface area contributed by atoms with Crippen molar-refractivity contribution in [1.82, 2.24) is 19.3 Å². The molecule has 2 aromatic heterocycles. The van der Waals surface area contributed by atoms with E-state index in [0.29, 0.717) is 28.9 Å². The summed E-state index contributed by atoms with van der Waals surface area (Å²) in [5, 5.41) is 4.04. The lowest BCUT2D eigenvalue weighted by Crippen LogP contribution is -2.24. The van der Waals surface area contributed by atoms with Gasteiger partial charge in [-0.15, -0.1) is 0 Å². The average molecular weight is 298 g/mol. The molecule has 0 fully saturated rings. The molecule has 90 valence electrons. The van der Waals surface area contributed by atoms with Crippen LogP contribution in [0.3, 0.4) is 0 Å². The number of aromatic nitrogens is 4. The van der Waals surface area contributed by atoms with Crippen molar-refractivity contribution in [2.45, 2.75) is 20.0 Å². The SMILES string of the molecule is Cc1ncn(CCn2cc(N)cn2)c(=O)c1Br. The van der Waals surface area contributed by atoms with E-state index in [1.807, 2.05) is 0 Å². The Bertz CT molecular complexity index is 589. The summed E-state index contributed by atoms with van der Waals surface area (Å²) < 4.78 is 3.73. The van der Waals surface area contributed by atoms with Crippen LogP contribution < -0.4 is 11.3 Å². The van der Waals surface area contributed by atoms with Gasteiger partial charge in [0.2, 0.25) is 0 Å². The molecule has 17 heavy (non-hydrogen) atoms. The Morgan fingerprint density at radius 2 is 2.24 bits per heavy atom. The Kier molecular flexibility index (Phi) is 3.28. The summed E-state index contributed by atoms with van der Waals surface area (Å²) in [6.07, 6.45) is 4.84. The fourth-order valence-electron chi connectivity index (χ4n) is 1.42. The van der Waals surface area contributed by atoms with Crippen molar-refractivity contribution in [3.05, 3.63) is 39.2 Å². The van der Waals surface area contributed by atoms with Crippen molar-refractivity contribution in [2.24, 2.45) is 0 Å². The second-order valence-electron chi connectivity index (χ2n) is 3.68. The lowest BCUT2D eigenvalue weighted by Gasteiger charge is -2.06. The maximum absolute atomic E-state index is 11.8. The monoisotopic (exact) mass is 297 g/mol. The Morgan fingerprint density at radius 1 is 1.47 bits per heavy atom. The fraction of sp³-hybridized carbons (Fsp3) is 0.300. The molecule has 0 unspecified atom stereocenters. The van der Waals surface area contributed by atoms with E-state index in [2.05, 4.69) is 26.0 Å². The molecule has 0 aliphatic rings. The van der Waals surface area contributed by atoms with Crippen LogP contribution in [0.2, 0.25) is 0 Å². The molecule has 7 heteroatoms. The Balaban J connectivity index is 2.15. The van der Waals surface area contributed by atoms with Crippen LogP contribution in [0.15, 0.2) is 28.0 Å². The molecule has 2 aromatic rings. The van der Waals surface area contributed by atoms with Crippen LogP contribution in [0, 0.1) is 6.92 Å². The van der Waals surface area contributed by atoms with Crippen molar-refractivity contribution in [2.75, 3.05) is 5.73 Å². The highest BCUT2D eigenvalue weighted by atomic mass is 79.9. The van der Waals surface area contributed by atoms with Gasteiger partial charge in [-0.2, -0.15) is 5.10 Å². The van der Waals surface area contributed by atoms with E-state index in [4.69, 9.17) is 5.73 Å². The van der Waals surface area contributed by atoms with Gasteiger partial charge < -0.3 is 5.73 Å². The van der Waals surface area contributed by atoms with Crippen LogP contribution in [0.5, 0.6) is 0 Å². The minimum atomic E-state index is -0.0855. The lowest BCUT2D eigenvalue weighted by molar-refractivity contribution is 0.517. The second-order valence-corrected chi connectivity index (χ2v) is 4.47. The molecule has 2 N–H and O–H groups in total. The van der Waals surface area contributed by atoms with Gasteiger partial charge in [-0.05, 0) is 22.9 Å². The Labute approximate surface area is 106 Å². The van der Waals surface area contributed by atoms with Gasteiger partial charge >= 0.3 is 0 Å². The molecule has 0 radical (unpaired) electrons. The first-order valence-corrected chi connectivity index (χ1v) is 5.86. The summed E-state index contributed by atoms with van der Waals surface area (Å²) in [6.45, 7) is 2.87. The summed E-state index contributed by atoms with van der Waals surface area (Å²) in [4.78, 5) is 16.0. The minimum absolute atomic E-state index is 0.0855. The van der Waals surface area contributed by atoms with Gasteiger partial charge in [-0.25, -0.2) is 4.98 Å². The number of aryl methyl sites for hydroxylation is 3. The van der Waals surface area contributed by atoms with Gasteiger partial charge in [0, 0.05) is 12.7 Å². The number of nitrogens with zero attached hydrogens (tertiary/aromatic N) is 4. The molecule has 6 nitrogen and oxygen atoms in total. The third-order valence-corrected chi connectivity index (χ3v) is 3.29. The first-order chi connectivity index (χ1) is 8.08. The van der Waals surface area contributed by atoms with E-state index < -0.39 is 0 Å². The van der Waals surface area contributed by atoms with Crippen molar-refractivity contribution in [1.29, 1.82) is 0 Å². The van der Waals surface area contributed by atoms with Gasteiger partial charge in [-0.3, -0.25) is 14.0 Å². The first kappa shape index (κ1) is 11.8. The zero-order chi connectivity index (χ0) is 12.4. The predicted octanol–water partition coefficient (Wildman–Crippen LogP) is 0.793. The number of hydrogen-bond donors (Lipinski definition) is 1. The maximum atomic E-state index is 11.8. The molecule has 0 atom stereocenters. The van der Waals surface area contributed by atoms with E-state index in [1.54, 1.807) is 24.0 Å². The van der Waals surface area contributed by atoms with E-state index in [9.17, 15) is 4.79 Å². The number of anilines is 1. The van der Waals surface area contributed by atoms with Crippen molar-refractivity contribution >= 4 is 21.6 Å². The molecule has 0 bridgehead atoms. The molecule has 0 aliphatic heterocycles. The van der Waals surface area contributed by atoms with Gasteiger partial charge in [0.15, 0.2) is 0 Å². The third-order valence-electron chi connectivity index (χ3n) is 2.38. The summed E-state index contributed by atoms with van der Waals surface area (Å²) in [5.74, 6) is 0. The fourth-order valence-corrected chi connectivity index (χ4v) is 1.75. The standard InChI is InChI=1S/C10H12BrN5O/c1-7-9(11)10(17)15(6-13-7)2-3-16-5-8(12)4-14-16/h4-6H,2-3,12H2,1H3. The lowest BCUT2D eigenvalue weighted by atomic mass is 10.4. The number of hydrogen-bond acceptors (Lipinski definition) is 4. The van der Waals surface area contributed by atoms with Crippen LogP contribution in [-0.4, -0.2) is 19.3 Å². The summed E-state index contributed by atoms with van der Waals surface area (Å²) in [6, 6.07) is 0. The quantitative estimate of drug-likeness (QED) is 0.909. The molecule has 0 aliphatic carbocycles. The van der Waals surface area contributed by atoms with E-state index in [-0.39, 0.29) is 5.56 Å². The van der Waals surface area contributed by atoms with Gasteiger partial charge in [-0.1, -0.05) is 0 Å². The van der Waals surface area contributed by atoms with Gasteiger partial charge in [0.05, 0.1) is 30.5 Å². The number of rotatable bonds is 3. The topological polar surface area (TPSA) is 78.7 Å². The molecule has 2 heterocycles. The van der Waals surface area contributed by atoms with E-state index >= 15 is 0 Å². The Morgan fingerprint density at radius 3 is 2.88 bits per heavy atom. The highest BCUT2D eigenvalue weighted by Gasteiger charge is 2.05. The molecule has 0 amide bonds. The van der Waals surface area contributed by atoms with Crippen molar-refractivity contribution in [3.63, 3.8) is 0 Å². The largest absolute Gasteiger partial charge is 0.396 e. The average Bonchev–Trinajstić information content (AvgIpc) is 2.71. The van der Waals surface area contributed by atoms with Crippen LogP contribution in [0.1, 0.15) is 5.69 Å². The molecular weight excluding hydrogens is 286 g/mol. The molecule has 0 aromatic carbocycles. The van der Waals surface area contributed by atoms with Crippen LogP contribution in [0.25, 0.3) is 0 Å². The van der Waals surface area contributed by atoms with Gasteiger partial charge in [0.25, 0.3) is 5.56 Å². The molecule has 2 rings (SSSR count). The predicted molar refractivity (Wildman–Crippen MR) is 67.6 cm³/mol. The van der Waals surface area contributed by atoms with E-state index in [0.717, 1.165) is 0 Å². The zero-order valence-electron chi connectivity index (χ0n) is 9.30. The molecule has 0 saturated heterocycles. The van der Waals surface area contributed by atoms with Crippen molar-refractivity contribution in [3.8, 4) is 0 Å². The molecule has 0 spiro atoms. The van der Waals surface area contributed by atoms with Gasteiger partial charge in [0.1, 0.15) is 4.47 Å². The maximum Gasteiger partial charge on any atom is 0.267 e. The van der Waals surface area contributed by atoms with Crippen LogP contribution >= 0.6 is 15.9 Å². The summed E-state index contributed by atoms with van der Waals surface area (Å²) >= 11 is 3.22. The van der Waals surface area contributed by atoms with Crippen molar-refractivity contribution < 1.29 is 0 Å². The minimum Gasteiger partial charge on any atom is -0.396 e. The number of nitrogen functional groups attached to an aromatic ring is 1. The highest BCUT2D eigenvalue weighted by molar-refractivity contribution is 9.10. The highest BCUT2D eigenvalue weighted by Crippen LogP contribution is 2.06. The Hall–Kier alpha value is -1.63. The van der Waals surface area contributed by atoms with Crippen LogP contribution in [0.4, 0.5) is 5.69 Å². The van der Waals surface area contributed by atoms with E-state index in [1.165, 1.54) is 10.9 Å². The summed E-state index contributed by atoms with van der Waals surface area (Å²) in [5.41, 5.74) is 6.77. The summed E-state index contributed by atoms with van der Waals surface area (Å²) in [7, 11) is 0. The first-order valence-electron chi connectivity index (χ1n) is 5.07. The zero-order valence-corrected chi connectivity index (χ0v) is 10.9. The van der Waals surface area contributed by atoms with Crippen LogP contribution in [-0.2, 0) is 13.1 Å². The third kappa shape index (κ3) is 2.55. The number of nitrogens with two attached hydrogens (primary N) is 1. The molecular formula is C10H12BrN5O. The smallest absolute Gasteiger partial charge is 0.267 e. The normalized spacial score (nSPS) is 10.7. The number of halogens is 1.